The van der Waals surface area contributed by atoms with Crippen LogP contribution in [0.1, 0.15) is 46.6 Å². The van der Waals surface area contributed by atoms with Gasteiger partial charge in [0.2, 0.25) is 0 Å². The highest BCUT2D eigenvalue weighted by Crippen LogP contribution is 2.37. The van der Waals surface area contributed by atoms with Gasteiger partial charge in [0.25, 0.3) is 0 Å². The van der Waals surface area contributed by atoms with Gasteiger partial charge in [-0.2, -0.15) is 0 Å². The Kier molecular flexibility index (Phi) is 6.85. The molecule has 0 radical (unpaired) electrons. The van der Waals surface area contributed by atoms with Crippen molar-refractivity contribution in [3.8, 4) is 0 Å². The third-order valence-electron chi connectivity index (χ3n) is 6.14. The smallest absolute Gasteiger partial charge is 0.192 e. The average molecular weight is 347 g/mol. The number of benzene rings is 1. The number of aliphatic hydroxyl groups is 1. The topological polar surface area (TPSA) is 29.5 Å². The van der Waals surface area contributed by atoms with Crippen LogP contribution in [0.3, 0.4) is 0 Å². The lowest BCUT2D eigenvalue weighted by Crippen LogP contribution is -2.44. The third-order valence-corrected chi connectivity index (χ3v) is 10.8. The molecule has 0 aromatic heterocycles. The van der Waals surface area contributed by atoms with Crippen LogP contribution in [0, 0.1) is 11.8 Å². The minimum absolute atomic E-state index is 0.134. The van der Waals surface area contributed by atoms with Crippen molar-refractivity contribution in [1.29, 1.82) is 0 Å². The molecule has 0 unspecified atom stereocenters. The van der Waals surface area contributed by atoms with Crippen molar-refractivity contribution in [2.24, 2.45) is 11.8 Å². The van der Waals surface area contributed by atoms with Crippen molar-refractivity contribution in [3.63, 3.8) is 0 Å². The molecule has 24 heavy (non-hydrogen) atoms. The van der Waals surface area contributed by atoms with Crippen LogP contribution in [0.25, 0.3) is 5.57 Å². The second kappa shape index (κ2) is 8.46. The molecule has 1 aromatic rings. The normalized spacial score (nSPS) is 28.3. The van der Waals surface area contributed by atoms with Gasteiger partial charge >= 0.3 is 0 Å². The van der Waals surface area contributed by atoms with Gasteiger partial charge in [0.05, 0.1) is 12.2 Å². The standard InChI is InChI=1S/C21H34O2Si/c1-6-24(7-2,8-3)23-20-15-14-19(16(4)21(22)17(20)5)18-12-10-9-11-13-18/h9-14,16-17,20-22H,6-8,15H2,1-5H3/t16-,17-,20-,21+/m0/s1. The SMILES string of the molecule is CC[Si](CC)(CC)O[C@H]1CC=C(c2ccccc2)[C@H](C)[C@@H](O)[C@H]1C. The molecule has 0 saturated carbocycles. The van der Waals surface area contributed by atoms with E-state index in [4.69, 9.17) is 4.43 Å². The van der Waals surface area contributed by atoms with E-state index in [2.05, 4.69) is 65.0 Å². The molecule has 0 fully saturated rings. The van der Waals surface area contributed by atoms with E-state index in [0.717, 1.165) is 24.6 Å². The molecule has 2 nitrogen and oxygen atoms in total. The van der Waals surface area contributed by atoms with Gasteiger partial charge in [-0.3, -0.25) is 0 Å². The van der Waals surface area contributed by atoms with Gasteiger partial charge in [-0.1, -0.05) is 71.0 Å². The molecule has 4 atom stereocenters. The minimum atomic E-state index is -1.66. The number of hydrogen-bond donors (Lipinski definition) is 1. The van der Waals surface area contributed by atoms with Gasteiger partial charge in [-0.05, 0) is 35.7 Å². The molecule has 2 rings (SSSR count). The minimum Gasteiger partial charge on any atom is -0.413 e. The molecule has 0 aliphatic heterocycles. The highest BCUT2D eigenvalue weighted by atomic mass is 28.4. The molecule has 1 N–H and O–H groups in total. The van der Waals surface area contributed by atoms with Crippen molar-refractivity contribution < 1.29 is 9.53 Å². The predicted octanol–water partition coefficient (Wildman–Crippen LogP) is 5.50. The van der Waals surface area contributed by atoms with Crippen LogP contribution in [-0.2, 0) is 4.43 Å². The van der Waals surface area contributed by atoms with E-state index in [-0.39, 0.29) is 24.0 Å². The van der Waals surface area contributed by atoms with Gasteiger partial charge in [0.1, 0.15) is 0 Å². The van der Waals surface area contributed by atoms with Crippen molar-refractivity contribution in [3.05, 3.63) is 42.0 Å². The van der Waals surface area contributed by atoms with Crippen molar-refractivity contribution in [2.75, 3.05) is 0 Å². The molecule has 1 aliphatic carbocycles. The Morgan fingerprint density at radius 1 is 1.04 bits per heavy atom. The summed E-state index contributed by atoms with van der Waals surface area (Å²) in [7, 11) is -1.66. The van der Waals surface area contributed by atoms with E-state index in [1.807, 2.05) is 6.07 Å². The fraction of sp³-hybridized carbons (Fsp3) is 0.619. The summed E-state index contributed by atoms with van der Waals surface area (Å²) < 4.78 is 6.76. The van der Waals surface area contributed by atoms with Crippen LogP contribution in [0.5, 0.6) is 0 Å². The Morgan fingerprint density at radius 2 is 1.62 bits per heavy atom. The summed E-state index contributed by atoms with van der Waals surface area (Å²) in [5.41, 5.74) is 2.49. The molecule has 1 aromatic carbocycles. The molecule has 0 amide bonds. The Hall–Kier alpha value is -0.903. The molecule has 3 heteroatoms. The molecule has 0 spiro atoms. The molecule has 134 valence electrons. The van der Waals surface area contributed by atoms with E-state index < -0.39 is 8.32 Å². The summed E-state index contributed by atoms with van der Waals surface area (Å²) in [4.78, 5) is 0. The summed E-state index contributed by atoms with van der Waals surface area (Å²) in [6.45, 7) is 11.1. The van der Waals surface area contributed by atoms with E-state index in [9.17, 15) is 5.11 Å². The monoisotopic (exact) mass is 346 g/mol. The first kappa shape index (κ1) is 19.4. The molecule has 1 aliphatic rings. The summed E-state index contributed by atoms with van der Waals surface area (Å²) in [5.74, 6) is 0.297. The quantitative estimate of drug-likeness (QED) is 0.689. The molecular weight excluding hydrogens is 312 g/mol. The van der Waals surface area contributed by atoms with Gasteiger partial charge < -0.3 is 9.53 Å². The second-order valence-corrected chi connectivity index (χ2v) is 12.0. The second-order valence-electron chi connectivity index (χ2n) is 7.30. The molecule has 0 heterocycles. The van der Waals surface area contributed by atoms with E-state index in [1.54, 1.807) is 0 Å². The first-order valence-corrected chi connectivity index (χ1v) is 12.1. The van der Waals surface area contributed by atoms with Crippen LogP contribution in [0.15, 0.2) is 36.4 Å². The van der Waals surface area contributed by atoms with Gasteiger partial charge in [-0.25, -0.2) is 0 Å². The number of rotatable bonds is 6. The maximum Gasteiger partial charge on any atom is 0.192 e. The van der Waals surface area contributed by atoms with Crippen LogP contribution in [-0.4, -0.2) is 25.6 Å². The van der Waals surface area contributed by atoms with Crippen LogP contribution < -0.4 is 0 Å². The first-order valence-electron chi connectivity index (χ1n) is 9.59. The maximum atomic E-state index is 10.9. The third kappa shape index (κ3) is 4.01. The van der Waals surface area contributed by atoms with Gasteiger partial charge in [-0.15, -0.1) is 0 Å². The maximum absolute atomic E-state index is 10.9. The predicted molar refractivity (Wildman–Crippen MR) is 105 cm³/mol. The zero-order valence-corrected chi connectivity index (χ0v) is 17.0. The Balaban J connectivity index is 2.28. The van der Waals surface area contributed by atoms with Crippen molar-refractivity contribution >= 4 is 13.9 Å². The van der Waals surface area contributed by atoms with Gasteiger partial charge in [0, 0.05) is 11.8 Å². The van der Waals surface area contributed by atoms with Crippen LogP contribution in [0.4, 0.5) is 0 Å². The number of hydrogen-bond acceptors (Lipinski definition) is 2. The molecule has 0 saturated heterocycles. The van der Waals surface area contributed by atoms with E-state index in [1.165, 1.54) is 11.1 Å². The lowest BCUT2D eigenvalue weighted by molar-refractivity contribution is 0.0181. The number of aliphatic hydroxyl groups excluding tert-OH is 1. The summed E-state index contributed by atoms with van der Waals surface area (Å²) >= 11 is 0. The molecule has 0 bridgehead atoms. The lowest BCUT2D eigenvalue weighted by Gasteiger charge is -2.37. The van der Waals surface area contributed by atoms with Crippen LogP contribution >= 0.6 is 0 Å². The Bertz CT molecular complexity index is 528. The Labute approximate surface area is 149 Å². The van der Waals surface area contributed by atoms with Crippen molar-refractivity contribution in [1.82, 2.24) is 0 Å². The molecular formula is C21H34O2Si. The fourth-order valence-corrected chi connectivity index (χ4v) is 6.94. The average Bonchev–Trinajstić information content (AvgIpc) is 2.73. The zero-order valence-electron chi connectivity index (χ0n) is 16.0. The van der Waals surface area contributed by atoms with E-state index in [0.29, 0.717) is 0 Å². The highest BCUT2D eigenvalue weighted by Gasteiger charge is 2.38. The summed E-state index contributed by atoms with van der Waals surface area (Å²) in [6, 6.07) is 13.9. The van der Waals surface area contributed by atoms with E-state index >= 15 is 0 Å². The van der Waals surface area contributed by atoms with Gasteiger partial charge in [0.15, 0.2) is 8.32 Å². The van der Waals surface area contributed by atoms with Crippen LogP contribution in [0.2, 0.25) is 18.1 Å². The highest BCUT2D eigenvalue weighted by molar-refractivity contribution is 6.73. The fourth-order valence-electron chi connectivity index (χ4n) is 3.99. The lowest BCUT2D eigenvalue weighted by atomic mass is 9.85. The first-order chi connectivity index (χ1) is 11.5. The zero-order chi connectivity index (χ0) is 17.7. The largest absolute Gasteiger partial charge is 0.413 e. The summed E-state index contributed by atoms with van der Waals surface area (Å²) in [5, 5.41) is 10.9. The van der Waals surface area contributed by atoms with Crippen molar-refractivity contribution in [2.45, 2.75) is 71.4 Å². The summed E-state index contributed by atoms with van der Waals surface area (Å²) in [6.07, 6.45) is 3.00. The Morgan fingerprint density at radius 3 is 2.17 bits per heavy atom.